The number of anilines is 1. The van der Waals surface area contributed by atoms with Crippen molar-refractivity contribution in [2.75, 3.05) is 12.3 Å². The predicted molar refractivity (Wildman–Crippen MR) is 72.2 cm³/mol. The second kappa shape index (κ2) is 5.92. The van der Waals surface area contributed by atoms with Crippen LogP contribution in [0.5, 0.6) is 0 Å². The molecule has 0 fully saturated rings. The first kappa shape index (κ1) is 13.8. The third-order valence-electron chi connectivity index (χ3n) is 2.99. The molecule has 0 bridgehead atoms. The average molecular weight is 255 g/mol. The quantitative estimate of drug-likeness (QED) is 0.812. The Morgan fingerprint density at radius 2 is 2.06 bits per heavy atom. The number of nitrogen functional groups attached to an aromatic ring is 1. The number of carbonyl (C=O) groups is 1. The lowest BCUT2D eigenvalue weighted by Gasteiger charge is -2.16. The molecule has 3 N–H and O–H groups in total. The van der Waals surface area contributed by atoms with Crippen LogP contribution in [0.15, 0.2) is 18.2 Å². The molecular weight excluding hydrogens is 236 g/mol. The van der Waals surface area contributed by atoms with Gasteiger partial charge in [0.1, 0.15) is 0 Å². The number of hydrogen-bond acceptors (Lipinski definition) is 2. The Morgan fingerprint density at radius 1 is 1.41 bits per heavy atom. The standard InChI is InChI=1S/C13H19ClN2O/c1-8(2)9(3)7-16-13(17)10-4-5-12(15)11(14)6-10/h4-6,8-9H,7,15H2,1-3H3,(H,16,17). The van der Waals surface area contributed by atoms with Crippen molar-refractivity contribution in [3.05, 3.63) is 28.8 Å². The van der Waals surface area contributed by atoms with Gasteiger partial charge in [-0.1, -0.05) is 32.4 Å². The maximum absolute atomic E-state index is 11.8. The molecule has 0 aliphatic carbocycles. The maximum atomic E-state index is 11.8. The Labute approximate surface area is 107 Å². The average Bonchev–Trinajstić information content (AvgIpc) is 2.28. The van der Waals surface area contributed by atoms with Crippen LogP contribution >= 0.6 is 11.6 Å². The van der Waals surface area contributed by atoms with E-state index in [0.29, 0.717) is 34.7 Å². The second-order valence-electron chi connectivity index (χ2n) is 4.67. The molecule has 1 atom stereocenters. The Bertz CT molecular complexity index is 404. The molecule has 0 aliphatic heterocycles. The number of benzene rings is 1. The summed E-state index contributed by atoms with van der Waals surface area (Å²) in [4.78, 5) is 11.8. The molecule has 3 nitrogen and oxygen atoms in total. The van der Waals surface area contributed by atoms with Gasteiger partial charge in [0.2, 0.25) is 0 Å². The van der Waals surface area contributed by atoms with E-state index in [4.69, 9.17) is 17.3 Å². The Kier molecular flexibility index (Phi) is 4.82. The van der Waals surface area contributed by atoms with Gasteiger partial charge < -0.3 is 11.1 Å². The fourth-order valence-electron chi connectivity index (χ4n) is 1.26. The van der Waals surface area contributed by atoms with E-state index in [0.717, 1.165) is 0 Å². The fourth-order valence-corrected chi connectivity index (χ4v) is 1.44. The summed E-state index contributed by atoms with van der Waals surface area (Å²) in [6, 6.07) is 4.91. The molecule has 0 spiro atoms. The SMILES string of the molecule is CC(C)C(C)CNC(=O)c1ccc(N)c(Cl)c1. The van der Waals surface area contributed by atoms with Crippen molar-refractivity contribution in [1.82, 2.24) is 5.32 Å². The van der Waals surface area contributed by atoms with Gasteiger partial charge in [0.05, 0.1) is 10.7 Å². The lowest BCUT2D eigenvalue weighted by molar-refractivity contribution is 0.0945. The van der Waals surface area contributed by atoms with Crippen molar-refractivity contribution in [2.45, 2.75) is 20.8 Å². The molecule has 1 unspecified atom stereocenters. The molecule has 1 aromatic carbocycles. The molecular formula is C13H19ClN2O. The lowest BCUT2D eigenvalue weighted by Crippen LogP contribution is -2.30. The number of nitrogens with one attached hydrogen (secondary N) is 1. The highest BCUT2D eigenvalue weighted by Gasteiger charge is 2.11. The van der Waals surface area contributed by atoms with Crippen LogP contribution in [0.25, 0.3) is 0 Å². The van der Waals surface area contributed by atoms with Crippen molar-refractivity contribution >= 4 is 23.2 Å². The Hall–Kier alpha value is -1.22. The zero-order chi connectivity index (χ0) is 13.0. The van der Waals surface area contributed by atoms with Gasteiger partial charge in [0.25, 0.3) is 5.91 Å². The summed E-state index contributed by atoms with van der Waals surface area (Å²) in [6.07, 6.45) is 0. The molecule has 4 heteroatoms. The molecule has 17 heavy (non-hydrogen) atoms. The van der Waals surface area contributed by atoms with Crippen LogP contribution in [0.2, 0.25) is 5.02 Å². The van der Waals surface area contributed by atoms with Crippen LogP contribution in [0, 0.1) is 11.8 Å². The first-order valence-electron chi connectivity index (χ1n) is 5.75. The predicted octanol–water partition coefficient (Wildman–Crippen LogP) is 2.94. The van der Waals surface area contributed by atoms with Gasteiger partial charge >= 0.3 is 0 Å². The third kappa shape index (κ3) is 3.93. The van der Waals surface area contributed by atoms with Gasteiger partial charge in [-0.05, 0) is 30.0 Å². The monoisotopic (exact) mass is 254 g/mol. The van der Waals surface area contributed by atoms with Crippen molar-refractivity contribution < 1.29 is 4.79 Å². The molecule has 1 amide bonds. The van der Waals surface area contributed by atoms with Gasteiger partial charge in [-0.3, -0.25) is 4.79 Å². The van der Waals surface area contributed by atoms with E-state index in [1.807, 2.05) is 0 Å². The van der Waals surface area contributed by atoms with Crippen molar-refractivity contribution in [2.24, 2.45) is 11.8 Å². The highest BCUT2D eigenvalue weighted by Crippen LogP contribution is 2.19. The number of carbonyl (C=O) groups excluding carboxylic acids is 1. The van der Waals surface area contributed by atoms with Crippen molar-refractivity contribution in [3.8, 4) is 0 Å². The first-order valence-corrected chi connectivity index (χ1v) is 6.12. The van der Waals surface area contributed by atoms with Crippen molar-refractivity contribution in [1.29, 1.82) is 0 Å². The van der Waals surface area contributed by atoms with E-state index in [1.165, 1.54) is 0 Å². The third-order valence-corrected chi connectivity index (χ3v) is 3.31. The molecule has 0 saturated heterocycles. The summed E-state index contributed by atoms with van der Waals surface area (Å²) in [5.41, 5.74) is 6.61. The lowest BCUT2D eigenvalue weighted by atomic mass is 9.98. The van der Waals surface area contributed by atoms with E-state index in [-0.39, 0.29) is 5.91 Å². The molecule has 0 aromatic heterocycles. The zero-order valence-electron chi connectivity index (χ0n) is 10.5. The van der Waals surface area contributed by atoms with Gasteiger partial charge in [-0.15, -0.1) is 0 Å². The van der Waals surface area contributed by atoms with Crippen LogP contribution in [-0.2, 0) is 0 Å². The molecule has 0 aliphatic rings. The highest BCUT2D eigenvalue weighted by molar-refractivity contribution is 6.33. The van der Waals surface area contributed by atoms with Crippen LogP contribution in [0.1, 0.15) is 31.1 Å². The second-order valence-corrected chi connectivity index (χ2v) is 5.07. The fraction of sp³-hybridized carbons (Fsp3) is 0.462. The molecule has 94 valence electrons. The Morgan fingerprint density at radius 3 is 2.59 bits per heavy atom. The molecule has 1 aromatic rings. The molecule has 0 heterocycles. The smallest absolute Gasteiger partial charge is 0.251 e. The van der Waals surface area contributed by atoms with E-state index in [9.17, 15) is 4.79 Å². The topological polar surface area (TPSA) is 55.1 Å². The minimum Gasteiger partial charge on any atom is -0.398 e. The zero-order valence-corrected chi connectivity index (χ0v) is 11.2. The van der Waals surface area contributed by atoms with Crippen LogP contribution in [-0.4, -0.2) is 12.5 Å². The normalized spacial score (nSPS) is 12.5. The van der Waals surface area contributed by atoms with Crippen LogP contribution in [0.3, 0.4) is 0 Å². The van der Waals surface area contributed by atoms with Crippen LogP contribution in [0.4, 0.5) is 5.69 Å². The summed E-state index contributed by atoms with van der Waals surface area (Å²) < 4.78 is 0. The van der Waals surface area contributed by atoms with Gasteiger partial charge in [0.15, 0.2) is 0 Å². The highest BCUT2D eigenvalue weighted by atomic mass is 35.5. The Balaban J connectivity index is 2.61. The minimum absolute atomic E-state index is 0.112. The number of amides is 1. The summed E-state index contributed by atoms with van der Waals surface area (Å²) >= 11 is 5.87. The van der Waals surface area contributed by atoms with E-state index < -0.39 is 0 Å². The summed E-state index contributed by atoms with van der Waals surface area (Å²) in [5, 5.41) is 3.30. The summed E-state index contributed by atoms with van der Waals surface area (Å²) in [7, 11) is 0. The molecule has 1 rings (SSSR count). The minimum atomic E-state index is -0.112. The summed E-state index contributed by atoms with van der Waals surface area (Å²) in [5.74, 6) is 0.882. The molecule has 0 radical (unpaired) electrons. The number of hydrogen-bond donors (Lipinski definition) is 2. The van der Waals surface area contributed by atoms with Gasteiger partial charge in [-0.25, -0.2) is 0 Å². The largest absolute Gasteiger partial charge is 0.398 e. The van der Waals surface area contributed by atoms with E-state index >= 15 is 0 Å². The number of nitrogens with two attached hydrogens (primary N) is 1. The van der Waals surface area contributed by atoms with E-state index in [1.54, 1.807) is 18.2 Å². The summed E-state index contributed by atoms with van der Waals surface area (Å²) in [6.45, 7) is 7.05. The number of halogens is 1. The van der Waals surface area contributed by atoms with E-state index in [2.05, 4.69) is 26.1 Å². The van der Waals surface area contributed by atoms with Gasteiger partial charge in [-0.2, -0.15) is 0 Å². The van der Waals surface area contributed by atoms with Crippen molar-refractivity contribution in [3.63, 3.8) is 0 Å². The van der Waals surface area contributed by atoms with Crippen LogP contribution < -0.4 is 11.1 Å². The molecule has 0 saturated carbocycles. The van der Waals surface area contributed by atoms with Gasteiger partial charge in [0, 0.05) is 12.1 Å². The number of rotatable bonds is 4. The maximum Gasteiger partial charge on any atom is 0.251 e. The first-order chi connectivity index (χ1) is 7.91.